The van der Waals surface area contributed by atoms with E-state index >= 15 is 0 Å². The Labute approximate surface area is 307 Å². The van der Waals surface area contributed by atoms with Gasteiger partial charge in [-0.25, -0.2) is 0 Å². The maximum atomic E-state index is 13.1. The minimum Gasteiger partial charge on any atom is -0.392 e. The van der Waals surface area contributed by atoms with Crippen LogP contribution in [0.1, 0.15) is 60.1 Å². The van der Waals surface area contributed by atoms with Crippen molar-refractivity contribution in [3.8, 4) is 11.1 Å². The molecule has 3 heterocycles. The number of nitrogens with zero attached hydrogens (tertiary/aromatic N) is 3. The third-order valence-corrected chi connectivity index (χ3v) is 10.0. The van der Waals surface area contributed by atoms with Crippen molar-refractivity contribution < 1.29 is 37.3 Å². The Hall–Kier alpha value is -4.62. The number of pyridine rings is 1. The van der Waals surface area contributed by atoms with Crippen molar-refractivity contribution >= 4 is 11.8 Å². The Morgan fingerprint density at radius 1 is 0.943 bits per heavy atom. The van der Waals surface area contributed by atoms with Crippen LogP contribution in [0, 0.1) is 5.92 Å². The molecule has 12 heteroatoms. The summed E-state index contributed by atoms with van der Waals surface area (Å²) in [6.45, 7) is 3.57. The van der Waals surface area contributed by atoms with E-state index in [1.54, 1.807) is 6.20 Å². The molecule has 0 aliphatic carbocycles. The Morgan fingerprint density at radius 2 is 1.70 bits per heavy atom. The van der Waals surface area contributed by atoms with Crippen molar-refractivity contribution in [2.45, 2.75) is 70.1 Å². The van der Waals surface area contributed by atoms with E-state index in [1.165, 1.54) is 0 Å². The number of hydrogen-bond donors (Lipinski definition) is 2. The maximum absolute atomic E-state index is 13.1. The average molecular weight is 731 g/mol. The molecule has 6 rings (SSSR count). The third-order valence-electron chi connectivity index (χ3n) is 10.0. The molecule has 2 aliphatic rings. The minimum atomic E-state index is -5.03. The van der Waals surface area contributed by atoms with Crippen LogP contribution < -0.4 is 5.32 Å². The number of carbonyl (C=O) groups excluding carboxylic acids is 2. The molecule has 2 aliphatic heterocycles. The number of halogens is 3. The number of aliphatic hydroxyl groups excluding tert-OH is 1. The Morgan fingerprint density at radius 3 is 2.42 bits per heavy atom. The molecule has 0 unspecified atom stereocenters. The Kier molecular flexibility index (Phi) is 12.2. The van der Waals surface area contributed by atoms with E-state index in [2.05, 4.69) is 29.2 Å². The molecule has 3 aromatic carbocycles. The highest BCUT2D eigenvalue weighted by atomic mass is 19.4. The number of carbonyl (C=O) groups is 2. The monoisotopic (exact) mass is 730 g/mol. The fourth-order valence-electron chi connectivity index (χ4n) is 7.06. The summed E-state index contributed by atoms with van der Waals surface area (Å²) in [4.78, 5) is 32.1. The average Bonchev–Trinajstić information content (AvgIpc) is 3.67. The zero-order valence-corrected chi connectivity index (χ0v) is 29.8. The van der Waals surface area contributed by atoms with Crippen LogP contribution in [0.2, 0.25) is 0 Å². The van der Waals surface area contributed by atoms with Crippen molar-refractivity contribution in [1.29, 1.82) is 0 Å². The molecule has 53 heavy (non-hydrogen) atoms. The maximum Gasteiger partial charge on any atom is 0.471 e. The number of nitrogens with one attached hydrogen (secondary N) is 1. The third kappa shape index (κ3) is 9.49. The Bertz CT molecular complexity index is 1840. The van der Waals surface area contributed by atoms with Gasteiger partial charge in [0.05, 0.1) is 18.8 Å². The van der Waals surface area contributed by atoms with Gasteiger partial charge in [-0.05, 0) is 72.0 Å². The van der Waals surface area contributed by atoms with Gasteiger partial charge in [-0.1, -0.05) is 73.7 Å². The lowest BCUT2D eigenvalue weighted by atomic mass is 9.90. The van der Waals surface area contributed by atoms with Crippen LogP contribution in [-0.4, -0.2) is 76.7 Å². The lowest BCUT2D eigenvalue weighted by Gasteiger charge is -2.42. The molecule has 2 fully saturated rings. The Balaban J connectivity index is 1.17. The molecule has 0 radical (unpaired) electrons. The lowest BCUT2D eigenvalue weighted by molar-refractivity contribution is -0.275. The first kappa shape index (κ1) is 38.1. The summed E-state index contributed by atoms with van der Waals surface area (Å²) in [5.41, 5.74) is 6.21. The van der Waals surface area contributed by atoms with E-state index < -0.39 is 30.3 Å². The number of hydrogen-bond acceptors (Lipinski definition) is 7. The van der Waals surface area contributed by atoms with Crippen LogP contribution in [0.4, 0.5) is 13.2 Å². The summed E-state index contributed by atoms with van der Waals surface area (Å²) in [7, 11) is 2.08. The number of ether oxygens (including phenoxy) is 2. The van der Waals surface area contributed by atoms with E-state index in [-0.39, 0.29) is 44.2 Å². The first-order valence-electron chi connectivity index (χ1n) is 17.9. The number of likely N-dealkylation sites (N-methyl/N-ethyl adjacent to an activating group) is 1. The number of aromatic nitrogens is 1. The second-order valence-corrected chi connectivity index (χ2v) is 13.9. The largest absolute Gasteiger partial charge is 0.471 e. The van der Waals surface area contributed by atoms with Gasteiger partial charge in [0.15, 0.2) is 6.29 Å². The number of benzene rings is 3. The SMILES string of the molecule is C[C@H]1[C@@H](CN(C)CCc2ccccn2)O[C@@H](c2cccc(-c3cccc(CNC(=O)[C@@H]4CCCN4C(=O)C(F)(F)F)c3)c2)O[C@H]1c1ccc(CO)cc1. The predicted octanol–water partition coefficient (Wildman–Crippen LogP) is 6.38. The zero-order valence-electron chi connectivity index (χ0n) is 29.8. The topological polar surface area (TPSA) is 104 Å². The van der Waals surface area contributed by atoms with Gasteiger partial charge in [0.2, 0.25) is 5.91 Å². The van der Waals surface area contributed by atoms with Crippen molar-refractivity contribution in [2.75, 3.05) is 26.7 Å². The van der Waals surface area contributed by atoms with E-state index in [1.807, 2.05) is 91.0 Å². The summed E-state index contributed by atoms with van der Waals surface area (Å²) in [5.74, 6) is -2.57. The summed E-state index contributed by atoms with van der Waals surface area (Å²) >= 11 is 0. The number of alkyl halides is 3. The van der Waals surface area contributed by atoms with Crippen molar-refractivity contribution in [1.82, 2.24) is 20.1 Å². The van der Waals surface area contributed by atoms with Gasteiger partial charge in [-0.2, -0.15) is 13.2 Å². The first-order chi connectivity index (χ1) is 25.5. The van der Waals surface area contributed by atoms with Gasteiger partial charge < -0.3 is 29.7 Å². The van der Waals surface area contributed by atoms with Gasteiger partial charge in [-0.3, -0.25) is 14.6 Å². The second kappa shape index (κ2) is 17.0. The van der Waals surface area contributed by atoms with Gasteiger partial charge in [0, 0.05) is 56.0 Å². The quantitative estimate of drug-likeness (QED) is 0.175. The highest BCUT2D eigenvalue weighted by Crippen LogP contribution is 2.42. The van der Waals surface area contributed by atoms with Crippen LogP contribution in [0.15, 0.2) is 97.2 Å². The van der Waals surface area contributed by atoms with Crippen LogP contribution in [0.3, 0.4) is 0 Å². The molecule has 0 bridgehead atoms. The second-order valence-electron chi connectivity index (χ2n) is 13.9. The van der Waals surface area contributed by atoms with Crippen LogP contribution >= 0.6 is 0 Å². The van der Waals surface area contributed by atoms with Gasteiger partial charge in [-0.15, -0.1) is 0 Å². The van der Waals surface area contributed by atoms with Crippen LogP contribution in [0.25, 0.3) is 11.1 Å². The number of aliphatic hydroxyl groups is 1. The summed E-state index contributed by atoms with van der Waals surface area (Å²) in [6, 6.07) is 28.0. The molecular formula is C41H45F3N4O5. The molecule has 0 spiro atoms. The van der Waals surface area contributed by atoms with E-state index in [4.69, 9.17) is 9.47 Å². The fourth-order valence-corrected chi connectivity index (χ4v) is 7.06. The van der Waals surface area contributed by atoms with Crippen LogP contribution in [-0.2, 0) is 38.6 Å². The molecule has 4 aromatic rings. The highest BCUT2D eigenvalue weighted by Gasteiger charge is 2.47. The van der Waals surface area contributed by atoms with Crippen molar-refractivity contribution in [3.63, 3.8) is 0 Å². The van der Waals surface area contributed by atoms with Gasteiger partial charge >= 0.3 is 12.1 Å². The molecular weight excluding hydrogens is 685 g/mol. The highest BCUT2D eigenvalue weighted by molar-refractivity contribution is 5.90. The summed E-state index contributed by atoms with van der Waals surface area (Å²) in [6.07, 6.45) is -3.00. The van der Waals surface area contributed by atoms with Crippen molar-refractivity contribution in [2.24, 2.45) is 5.92 Å². The van der Waals surface area contributed by atoms with Gasteiger partial charge in [0.25, 0.3) is 0 Å². The molecule has 2 saturated heterocycles. The molecule has 1 aromatic heterocycles. The molecule has 0 saturated carbocycles. The molecule has 2 amide bonds. The standard InChI is InChI=1S/C41H45F3N4O5/c1-27-36(25-47(2)21-18-34-12-3-4-19-45-34)52-39(53-37(27)30-16-14-28(26-49)15-17-30)33-11-6-10-32(23-33)31-9-5-8-29(22-31)24-46-38(50)35-13-7-20-48(35)40(51)41(42,43)44/h3-6,8-12,14-17,19,22-23,27,35-37,39,49H,7,13,18,20-21,24-26H2,1-2H3,(H,46,50)/t27-,35-,36+,37+,39+/m0/s1. The summed E-state index contributed by atoms with van der Waals surface area (Å²) < 4.78 is 52.7. The molecule has 2 N–H and O–H groups in total. The first-order valence-corrected chi connectivity index (χ1v) is 17.9. The molecule has 9 nitrogen and oxygen atoms in total. The number of rotatable bonds is 12. The molecule has 5 atom stereocenters. The van der Waals surface area contributed by atoms with E-state index in [0.29, 0.717) is 17.9 Å². The van der Waals surface area contributed by atoms with Crippen molar-refractivity contribution in [3.05, 3.63) is 125 Å². The van der Waals surface area contributed by atoms with Gasteiger partial charge in [0.1, 0.15) is 6.04 Å². The summed E-state index contributed by atoms with van der Waals surface area (Å²) in [5, 5.41) is 12.3. The fraction of sp³-hybridized carbons (Fsp3) is 0.390. The van der Waals surface area contributed by atoms with E-state index in [9.17, 15) is 27.9 Å². The smallest absolute Gasteiger partial charge is 0.392 e. The zero-order chi connectivity index (χ0) is 37.5. The number of amides is 2. The molecule has 280 valence electrons. The predicted molar refractivity (Wildman–Crippen MR) is 193 cm³/mol. The number of likely N-dealkylation sites (tertiary alicyclic amines) is 1. The van der Waals surface area contributed by atoms with E-state index in [0.717, 1.165) is 52.0 Å². The minimum absolute atomic E-state index is 0.0153. The lowest BCUT2D eigenvalue weighted by Crippen LogP contribution is -2.50. The normalized spacial score (nSPS) is 21.9. The van der Waals surface area contributed by atoms with Crippen LogP contribution in [0.5, 0.6) is 0 Å².